The molecular formula is C20H21F3N2O2S. The number of nitrogens with one attached hydrogen (secondary N) is 1. The summed E-state index contributed by atoms with van der Waals surface area (Å²) in [6, 6.07) is 16.2. The SMILES string of the molecule is O=S(c1ccc(OC(F)(F)F)cc1)N1CC(CNC2CC2c2ccccc2)C1. The van der Waals surface area contributed by atoms with Gasteiger partial charge in [-0.25, -0.2) is 8.51 Å². The van der Waals surface area contributed by atoms with Crippen molar-refractivity contribution in [2.75, 3.05) is 19.6 Å². The van der Waals surface area contributed by atoms with E-state index in [1.54, 1.807) is 0 Å². The Morgan fingerprint density at radius 2 is 1.75 bits per heavy atom. The van der Waals surface area contributed by atoms with Gasteiger partial charge in [-0.1, -0.05) is 30.3 Å². The number of rotatable bonds is 7. The second-order valence-corrected chi connectivity index (χ2v) is 8.74. The van der Waals surface area contributed by atoms with E-state index in [0.29, 0.717) is 35.9 Å². The van der Waals surface area contributed by atoms with Gasteiger partial charge in [0.05, 0.1) is 4.90 Å². The molecule has 0 radical (unpaired) electrons. The summed E-state index contributed by atoms with van der Waals surface area (Å²) in [4.78, 5) is 0.479. The molecule has 0 spiro atoms. The molecule has 1 heterocycles. The fourth-order valence-electron chi connectivity index (χ4n) is 3.50. The lowest BCUT2D eigenvalue weighted by Gasteiger charge is -2.38. The van der Waals surface area contributed by atoms with Gasteiger partial charge in [-0.15, -0.1) is 13.2 Å². The third-order valence-corrected chi connectivity index (χ3v) is 6.55. The lowest BCUT2D eigenvalue weighted by molar-refractivity contribution is -0.274. The minimum absolute atomic E-state index is 0.309. The van der Waals surface area contributed by atoms with E-state index in [2.05, 4.69) is 34.3 Å². The first-order valence-electron chi connectivity index (χ1n) is 9.20. The second kappa shape index (κ2) is 7.85. The monoisotopic (exact) mass is 410 g/mol. The van der Waals surface area contributed by atoms with Crippen molar-refractivity contribution < 1.29 is 22.1 Å². The van der Waals surface area contributed by atoms with Crippen molar-refractivity contribution in [2.24, 2.45) is 5.92 Å². The lowest BCUT2D eigenvalue weighted by atomic mass is 10.0. The molecule has 0 aromatic heterocycles. The zero-order valence-corrected chi connectivity index (χ0v) is 15.9. The van der Waals surface area contributed by atoms with Gasteiger partial charge in [0.25, 0.3) is 0 Å². The van der Waals surface area contributed by atoms with E-state index in [1.165, 1.54) is 29.8 Å². The van der Waals surface area contributed by atoms with Crippen LogP contribution in [0.5, 0.6) is 5.75 Å². The molecule has 0 bridgehead atoms. The maximum Gasteiger partial charge on any atom is 0.573 e. The summed E-state index contributed by atoms with van der Waals surface area (Å²) in [7, 11) is -1.36. The first-order valence-corrected chi connectivity index (χ1v) is 10.3. The van der Waals surface area contributed by atoms with E-state index in [-0.39, 0.29) is 5.75 Å². The topological polar surface area (TPSA) is 41.6 Å². The Morgan fingerprint density at radius 1 is 1.07 bits per heavy atom. The van der Waals surface area contributed by atoms with Crippen molar-refractivity contribution in [3.63, 3.8) is 0 Å². The van der Waals surface area contributed by atoms with Gasteiger partial charge < -0.3 is 10.1 Å². The predicted molar refractivity (Wildman–Crippen MR) is 100 cm³/mol. The molecule has 4 nitrogen and oxygen atoms in total. The van der Waals surface area contributed by atoms with Crippen LogP contribution in [0.2, 0.25) is 0 Å². The molecule has 1 saturated heterocycles. The Morgan fingerprint density at radius 3 is 2.39 bits per heavy atom. The fraction of sp³-hybridized carbons (Fsp3) is 0.400. The first-order chi connectivity index (χ1) is 13.4. The standard InChI is InChI=1S/C20H21F3N2O2S/c21-20(22,23)27-16-6-8-17(9-7-16)28(26)25-12-14(13-25)11-24-19-10-18(19)15-4-2-1-3-5-15/h1-9,14,18-19,24H,10-13H2. The van der Waals surface area contributed by atoms with Crippen LogP contribution >= 0.6 is 0 Å². The molecule has 2 aliphatic rings. The highest BCUT2D eigenvalue weighted by atomic mass is 32.2. The minimum atomic E-state index is -4.72. The Labute approximate surface area is 164 Å². The van der Waals surface area contributed by atoms with Gasteiger partial charge in [0.2, 0.25) is 0 Å². The third-order valence-electron chi connectivity index (χ3n) is 5.10. The van der Waals surface area contributed by atoms with E-state index in [4.69, 9.17) is 0 Å². The highest BCUT2D eigenvalue weighted by Crippen LogP contribution is 2.40. The van der Waals surface area contributed by atoms with E-state index >= 15 is 0 Å². The van der Waals surface area contributed by atoms with Crippen LogP contribution in [0.4, 0.5) is 13.2 Å². The number of ether oxygens (including phenoxy) is 1. The Balaban J connectivity index is 1.20. The van der Waals surface area contributed by atoms with Gasteiger partial charge in [0, 0.05) is 31.6 Å². The molecule has 150 valence electrons. The average molecular weight is 410 g/mol. The van der Waals surface area contributed by atoms with Gasteiger partial charge >= 0.3 is 6.36 Å². The van der Waals surface area contributed by atoms with Crippen molar-refractivity contribution in [2.45, 2.75) is 29.6 Å². The van der Waals surface area contributed by atoms with Gasteiger partial charge in [-0.05, 0) is 42.2 Å². The predicted octanol–water partition coefficient (Wildman–Crippen LogP) is 3.69. The number of alkyl halides is 3. The lowest BCUT2D eigenvalue weighted by Crippen LogP contribution is -2.51. The smallest absolute Gasteiger partial charge is 0.406 e. The highest BCUT2D eigenvalue weighted by Gasteiger charge is 2.39. The fourth-order valence-corrected chi connectivity index (χ4v) is 4.86. The summed E-state index contributed by atoms with van der Waals surface area (Å²) in [5, 5.41) is 3.59. The summed E-state index contributed by atoms with van der Waals surface area (Å²) in [6.07, 6.45) is -3.57. The maximum atomic E-state index is 12.5. The van der Waals surface area contributed by atoms with Crippen LogP contribution in [0.25, 0.3) is 0 Å². The summed E-state index contributed by atoms with van der Waals surface area (Å²) < 4.78 is 54.8. The number of benzene rings is 2. The van der Waals surface area contributed by atoms with Crippen molar-refractivity contribution in [1.29, 1.82) is 0 Å². The van der Waals surface area contributed by atoms with Crippen molar-refractivity contribution in [3.8, 4) is 5.75 Å². The van der Waals surface area contributed by atoms with Crippen LogP contribution in [0, 0.1) is 5.92 Å². The second-order valence-electron chi connectivity index (χ2n) is 7.25. The Hall–Kier alpha value is -1.90. The zero-order chi connectivity index (χ0) is 19.7. The van der Waals surface area contributed by atoms with Crippen LogP contribution in [-0.2, 0) is 11.0 Å². The maximum absolute atomic E-state index is 12.5. The summed E-state index contributed by atoms with van der Waals surface area (Å²) in [5.41, 5.74) is 1.37. The minimum Gasteiger partial charge on any atom is -0.406 e. The summed E-state index contributed by atoms with van der Waals surface area (Å²) >= 11 is 0. The number of hydrogen-bond acceptors (Lipinski definition) is 3. The van der Waals surface area contributed by atoms with Gasteiger partial charge in [-0.2, -0.15) is 0 Å². The van der Waals surface area contributed by atoms with Crippen LogP contribution in [0.15, 0.2) is 59.5 Å². The van der Waals surface area contributed by atoms with Crippen molar-refractivity contribution in [1.82, 2.24) is 9.62 Å². The van der Waals surface area contributed by atoms with Crippen LogP contribution in [0.1, 0.15) is 17.9 Å². The quantitative estimate of drug-likeness (QED) is 0.757. The molecule has 1 saturated carbocycles. The Kier molecular flexibility index (Phi) is 5.44. The van der Waals surface area contributed by atoms with Crippen molar-refractivity contribution in [3.05, 3.63) is 60.2 Å². The van der Waals surface area contributed by atoms with Crippen LogP contribution < -0.4 is 10.1 Å². The van der Waals surface area contributed by atoms with E-state index in [1.807, 2.05) is 10.4 Å². The van der Waals surface area contributed by atoms with Gasteiger partial charge in [-0.3, -0.25) is 0 Å². The largest absolute Gasteiger partial charge is 0.573 e. The summed E-state index contributed by atoms with van der Waals surface area (Å²) in [6.45, 7) is 2.31. The molecule has 3 unspecified atom stereocenters. The molecule has 1 aliphatic carbocycles. The molecule has 1 N–H and O–H groups in total. The van der Waals surface area contributed by atoms with Crippen LogP contribution in [0.3, 0.4) is 0 Å². The van der Waals surface area contributed by atoms with Crippen molar-refractivity contribution >= 4 is 11.0 Å². The number of nitrogens with zero attached hydrogens (tertiary/aromatic N) is 1. The third kappa shape index (κ3) is 4.74. The molecular weight excluding hydrogens is 389 g/mol. The molecule has 8 heteroatoms. The molecule has 2 aromatic carbocycles. The molecule has 0 amide bonds. The Bertz CT molecular complexity index is 824. The zero-order valence-electron chi connectivity index (χ0n) is 15.1. The van der Waals surface area contributed by atoms with E-state index < -0.39 is 17.3 Å². The van der Waals surface area contributed by atoms with Crippen LogP contribution in [-0.4, -0.2) is 40.6 Å². The summed E-state index contributed by atoms with van der Waals surface area (Å²) in [5.74, 6) is 0.717. The molecule has 2 aromatic rings. The molecule has 4 rings (SSSR count). The van der Waals surface area contributed by atoms with Gasteiger partial charge in [0.1, 0.15) is 16.7 Å². The molecule has 2 fully saturated rings. The number of hydrogen-bond donors (Lipinski definition) is 1. The number of halogens is 3. The highest BCUT2D eigenvalue weighted by molar-refractivity contribution is 7.82. The normalized spacial score (nSPS) is 23.8. The van der Waals surface area contributed by atoms with E-state index in [0.717, 1.165) is 13.0 Å². The van der Waals surface area contributed by atoms with Gasteiger partial charge in [0.15, 0.2) is 0 Å². The van der Waals surface area contributed by atoms with E-state index in [9.17, 15) is 17.4 Å². The average Bonchev–Trinajstić information content (AvgIpc) is 3.40. The molecule has 28 heavy (non-hydrogen) atoms. The molecule has 1 aliphatic heterocycles. The molecule has 3 atom stereocenters. The first kappa shape index (κ1) is 19.4.